The molecular weight excluding hydrogens is 196 g/mol. The van der Waals surface area contributed by atoms with Crippen LogP contribution in [0.15, 0.2) is 18.2 Å². The summed E-state index contributed by atoms with van der Waals surface area (Å²) in [7, 11) is 0. The summed E-state index contributed by atoms with van der Waals surface area (Å²) in [6.07, 6.45) is 2.63. The normalized spacial score (nSPS) is 24.1. The molecule has 1 atom stereocenters. The van der Waals surface area contributed by atoms with Crippen LogP contribution in [0.2, 0.25) is 5.02 Å². The van der Waals surface area contributed by atoms with Crippen LogP contribution in [0.25, 0.3) is 0 Å². The fraction of sp³-hybridized carbons (Fsp3) is 0.455. The van der Waals surface area contributed by atoms with Gasteiger partial charge in [-0.1, -0.05) is 11.6 Å². The van der Waals surface area contributed by atoms with Crippen LogP contribution in [0.3, 0.4) is 0 Å². The SMILES string of the molecule is Clc1ccc2c(c1)NC[C@@H]1CCCN21. The smallest absolute Gasteiger partial charge is 0.0606 e. The third-order valence-corrected chi connectivity index (χ3v) is 3.41. The molecular formula is C11H13ClN2. The van der Waals surface area contributed by atoms with Gasteiger partial charge in [0.2, 0.25) is 0 Å². The molecule has 1 N–H and O–H groups in total. The Morgan fingerprint density at radius 3 is 3.29 bits per heavy atom. The fourth-order valence-corrected chi connectivity index (χ4v) is 2.67. The van der Waals surface area contributed by atoms with E-state index in [1.165, 1.54) is 30.8 Å². The first kappa shape index (κ1) is 8.42. The highest BCUT2D eigenvalue weighted by molar-refractivity contribution is 6.31. The molecule has 0 radical (unpaired) electrons. The Balaban J connectivity index is 2.05. The molecule has 2 aliphatic rings. The van der Waals surface area contributed by atoms with Gasteiger partial charge in [-0.2, -0.15) is 0 Å². The zero-order chi connectivity index (χ0) is 9.54. The summed E-state index contributed by atoms with van der Waals surface area (Å²) in [5.41, 5.74) is 2.51. The van der Waals surface area contributed by atoms with Crippen LogP contribution >= 0.6 is 11.6 Å². The summed E-state index contributed by atoms with van der Waals surface area (Å²) in [6.45, 7) is 2.26. The maximum absolute atomic E-state index is 5.96. The van der Waals surface area contributed by atoms with Gasteiger partial charge < -0.3 is 10.2 Å². The Morgan fingerprint density at radius 2 is 2.36 bits per heavy atom. The molecule has 1 aromatic carbocycles. The molecule has 3 heteroatoms. The van der Waals surface area contributed by atoms with Gasteiger partial charge in [0.1, 0.15) is 0 Å². The number of nitrogens with zero attached hydrogens (tertiary/aromatic N) is 1. The van der Waals surface area contributed by atoms with Crippen LogP contribution in [-0.4, -0.2) is 19.1 Å². The van der Waals surface area contributed by atoms with Crippen LogP contribution in [-0.2, 0) is 0 Å². The lowest BCUT2D eigenvalue weighted by Gasteiger charge is -2.34. The van der Waals surface area contributed by atoms with E-state index in [-0.39, 0.29) is 0 Å². The molecule has 0 spiro atoms. The Morgan fingerprint density at radius 1 is 1.43 bits per heavy atom. The summed E-state index contributed by atoms with van der Waals surface area (Å²) >= 11 is 5.96. The Hall–Kier alpha value is -0.890. The first-order valence-corrected chi connectivity index (χ1v) is 5.52. The number of hydrogen-bond acceptors (Lipinski definition) is 2. The molecule has 2 nitrogen and oxygen atoms in total. The van der Waals surface area contributed by atoms with E-state index in [4.69, 9.17) is 11.6 Å². The van der Waals surface area contributed by atoms with E-state index in [0.717, 1.165) is 11.6 Å². The fourth-order valence-electron chi connectivity index (χ4n) is 2.49. The van der Waals surface area contributed by atoms with Crippen molar-refractivity contribution in [1.82, 2.24) is 0 Å². The first-order chi connectivity index (χ1) is 6.84. The molecule has 74 valence electrons. The number of nitrogens with one attached hydrogen (secondary N) is 1. The van der Waals surface area contributed by atoms with Crippen LogP contribution in [0.1, 0.15) is 12.8 Å². The van der Waals surface area contributed by atoms with Crippen LogP contribution < -0.4 is 10.2 Å². The van der Waals surface area contributed by atoms with Gasteiger partial charge in [-0.15, -0.1) is 0 Å². The van der Waals surface area contributed by atoms with E-state index >= 15 is 0 Å². The van der Waals surface area contributed by atoms with Crippen LogP contribution in [0, 0.1) is 0 Å². The predicted molar refractivity (Wildman–Crippen MR) is 60.3 cm³/mol. The molecule has 0 amide bonds. The number of hydrogen-bond donors (Lipinski definition) is 1. The van der Waals surface area contributed by atoms with Gasteiger partial charge in [-0.25, -0.2) is 0 Å². The van der Waals surface area contributed by atoms with E-state index in [0.29, 0.717) is 6.04 Å². The molecule has 0 aliphatic carbocycles. The molecule has 3 rings (SSSR count). The third-order valence-electron chi connectivity index (χ3n) is 3.17. The van der Waals surface area contributed by atoms with Gasteiger partial charge in [0.25, 0.3) is 0 Å². The lowest BCUT2D eigenvalue weighted by atomic mass is 10.1. The minimum Gasteiger partial charge on any atom is -0.381 e. The Labute approximate surface area is 88.9 Å². The number of anilines is 2. The second-order valence-corrected chi connectivity index (χ2v) is 4.47. The van der Waals surface area contributed by atoms with E-state index < -0.39 is 0 Å². The maximum Gasteiger partial charge on any atom is 0.0606 e. The van der Waals surface area contributed by atoms with Gasteiger partial charge in [0, 0.05) is 24.2 Å². The molecule has 2 aliphatic heterocycles. The molecule has 0 unspecified atom stereocenters. The molecule has 0 aromatic heterocycles. The van der Waals surface area contributed by atoms with Crippen molar-refractivity contribution in [3.63, 3.8) is 0 Å². The summed E-state index contributed by atoms with van der Waals surface area (Å²) in [5, 5.41) is 4.26. The van der Waals surface area contributed by atoms with Crippen molar-refractivity contribution in [3.8, 4) is 0 Å². The Bertz CT molecular complexity index is 364. The van der Waals surface area contributed by atoms with Gasteiger partial charge in [-0.3, -0.25) is 0 Å². The largest absolute Gasteiger partial charge is 0.381 e. The van der Waals surface area contributed by atoms with E-state index in [9.17, 15) is 0 Å². The number of fused-ring (bicyclic) bond motifs is 3. The zero-order valence-electron chi connectivity index (χ0n) is 7.96. The van der Waals surface area contributed by atoms with Crippen molar-refractivity contribution in [2.75, 3.05) is 23.3 Å². The van der Waals surface area contributed by atoms with Gasteiger partial charge in [0.05, 0.1) is 11.4 Å². The molecule has 2 heterocycles. The van der Waals surface area contributed by atoms with Crippen LogP contribution in [0.4, 0.5) is 11.4 Å². The highest BCUT2D eigenvalue weighted by Crippen LogP contribution is 2.37. The summed E-state index contributed by atoms with van der Waals surface area (Å²) in [5.74, 6) is 0. The molecule has 0 saturated carbocycles. The number of benzene rings is 1. The average Bonchev–Trinajstić information content (AvgIpc) is 2.65. The predicted octanol–water partition coefficient (Wildman–Crippen LogP) is 2.73. The second kappa shape index (κ2) is 3.06. The molecule has 0 bridgehead atoms. The van der Waals surface area contributed by atoms with Crippen molar-refractivity contribution < 1.29 is 0 Å². The third kappa shape index (κ3) is 1.17. The number of rotatable bonds is 0. The molecule has 1 fully saturated rings. The zero-order valence-corrected chi connectivity index (χ0v) is 8.72. The monoisotopic (exact) mass is 208 g/mol. The van der Waals surface area contributed by atoms with Crippen molar-refractivity contribution in [3.05, 3.63) is 23.2 Å². The topological polar surface area (TPSA) is 15.3 Å². The highest BCUT2D eigenvalue weighted by atomic mass is 35.5. The van der Waals surface area contributed by atoms with Crippen molar-refractivity contribution >= 4 is 23.0 Å². The summed E-state index contributed by atoms with van der Waals surface area (Å²) in [4.78, 5) is 2.50. The van der Waals surface area contributed by atoms with E-state index in [1.807, 2.05) is 12.1 Å². The molecule has 14 heavy (non-hydrogen) atoms. The second-order valence-electron chi connectivity index (χ2n) is 4.03. The first-order valence-electron chi connectivity index (χ1n) is 5.15. The maximum atomic E-state index is 5.96. The number of halogens is 1. The van der Waals surface area contributed by atoms with Crippen molar-refractivity contribution in [1.29, 1.82) is 0 Å². The Kier molecular flexibility index (Phi) is 1.84. The lowest BCUT2D eigenvalue weighted by Crippen LogP contribution is -2.39. The average molecular weight is 209 g/mol. The minimum atomic E-state index is 0.698. The standard InChI is InChI=1S/C11H13ClN2/c12-8-3-4-11-10(6-8)13-7-9-2-1-5-14(9)11/h3-4,6,9,13H,1-2,5,7H2/t9-/m0/s1. The van der Waals surface area contributed by atoms with Gasteiger partial charge >= 0.3 is 0 Å². The van der Waals surface area contributed by atoms with Gasteiger partial charge in [0.15, 0.2) is 0 Å². The quantitative estimate of drug-likeness (QED) is 0.706. The summed E-state index contributed by atoms with van der Waals surface area (Å²) < 4.78 is 0. The van der Waals surface area contributed by atoms with E-state index in [1.54, 1.807) is 0 Å². The van der Waals surface area contributed by atoms with Gasteiger partial charge in [-0.05, 0) is 31.0 Å². The van der Waals surface area contributed by atoms with Crippen molar-refractivity contribution in [2.45, 2.75) is 18.9 Å². The minimum absolute atomic E-state index is 0.698. The molecule has 1 aromatic rings. The summed E-state index contributed by atoms with van der Waals surface area (Å²) in [6, 6.07) is 6.82. The van der Waals surface area contributed by atoms with Crippen LogP contribution in [0.5, 0.6) is 0 Å². The lowest BCUT2D eigenvalue weighted by molar-refractivity contribution is 0.683. The van der Waals surface area contributed by atoms with E-state index in [2.05, 4.69) is 16.3 Å². The highest BCUT2D eigenvalue weighted by Gasteiger charge is 2.29. The molecule has 1 saturated heterocycles. The van der Waals surface area contributed by atoms with Crippen molar-refractivity contribution in [2.24, 2.45) is 0 Å².